The lowest BCUT2D eigenvalue weighted by molar-refractivity contribution is -0.153. The maximum absolute atomic E-state index is 12.3. The molecule has 0 saturated carbocycles. The van der Waals surface area contributed by atoms with Gasteiger partial charge >= 0.3 is 6.18 Å². The van der Waals surface area contributed by atoms with E-state index in [-0.39, 0.29) is 5.75 Å². The number of hydrogen-bond donors (Lipinski definition) is 1. The predicted molar refractivity (Wildman–Crippen MR) is 106 cm³/mol. The Hall–Kier alpha value is -2.75. The van der Waals surface area contributed by atoms with Crippen molar-refractivity contribution < 1.29 is 22.4 Å². The molecule has 0 unspecified atom stereocenters. The number of benzene rings is 1. The van der Waals surface area contributed by atoms with E-state index in [0.717, 1.165) is 56.5 Å². The van der Waals surface area contributed by atoms with Crippen LogP contribution in [0.1, 0.15) is 18.2 Å². The first-order chi connectivity index (χ1) is 14.4. The van der Waals surface area contributed by atoms with E-state index in [1.165, 1.54) is 6.07 Å². The van der Waals surface area contributed by atoms with Crippen molar-refractivity contribution in [3.8, 4) is 5.75 Å². The van der Waals surface area contributed by atoms with Gasteiger partial charge in [-0.25, -0.2) is 4.99 Å². The van der Waals surface area contributed by atoms with Crippen molar-refractivity contribution in [1.29, 1.82) is 0 Å². The second-order valence-electron chi connectivity index (χ2n) is 6.98. The number of aliphatic imine (C=N–C) groups is 1. The number of nitrogens with zero attached hydrogens (tertiary/aromatic N) is 4. The molecule has 1 aromatic carbocycles. The normalized spacial score (nSPS) is 16.0. The topological polar surface area (TPSA) is 66.1 Å². The Morgan fingerprint density at radius 2 is 2.03 bits per heavy atom. The molecule has 1 fully saturated rings. The molecule has 1 N–H and O–H groups in total. The van der Waals surface area contributed by atoms with E-state index in [2.05, 4.69) is 25.3 Å². The molecule has 0 bridgehead atoms. The van der Waals surface area contributed by atoms with Gasteiger partial charge in [-0.2, -0.15) is 13.2 Å². The third-order valence-corrected chi connectivity index (χ3v) is 4.60. The van der Waals surface area contributed by atoms with E-state index in [0.29, 0.717) is 6.54 Å². The van der Waals surface area contributed by atoms with Gasteiger partial charge in [0.1, 0.15) is 12.0 Å². The molecular formula is C20H26F3N5O2. The minimum Gasteiger partial charge on any atom is -0.484 e. The van der Waals surface area contributed by atoms with Gasteiger partial charge in [-0.3, -0.25) is 4.90 Å². The van der Waals surface area contributed by atoms with Crippen LogP contribution >= 0.6 is 0 Å². The van der Waals surface area contributed by atoms with Crippen LogP contribution in [0, 0.1) is 0 Å². The van der Waals surface area contributed by atoms with Gasteiger partial charge < -0.3 is 19.5 Å². The molecule has 0 amide bonds. The lowest BCUT2D eigenvalue weighted by Gasteiger charge is -2.36. The Morgan fingerprint density at radius 1 is 1.23 bits per heavy atom. The molecule has 0 aliphatic carbocycles. The van der Waals surface area contributed by atoms with Gasteiger partial charge in [-0.05, 0) is 24.6 Å². The molecule has 164 valence electrons. The maximum atomic E-state index is 12.3. The summed E-state index contributed by atoms with van der Waals surface area (Å²) in [4.78, 5) is 9.16. The van der Waals surface area contributed by atoms with Crippen molar-refractivity contribution in [2.75, 3.05) is 39.3 Å². The summed E-state index contributed by atoms with van der Waals surface area (Å²) in [5.74, 6) is 0.978. The molecule has 1 aliphatic heterocycles. The van der Waals surface area contributed by atoms with Crippen LogP contribution in [0.25, 0.3) is 0 Å². The van der Waals surface area contributed by atoms with Gasteiger partial charge in [0, 0.05) is 45.3 Å². The molecule has 1 aliphatic rings. The Bertz CT molecular complexity index is 803. The minimum atomic E-state index is -4.36. The molecule has 0 atom stereocenters. The molecule has 2 aromatic rings. The molecule has 1 aromatic heterocycles. The van der Waals surface area contributed by atoms with E-state index in [4.69, 9.17) is 9.26 Å². The lowest BCUT2D eigenvalue weighted by atomic mass is 10.2. The standard InChI is InChI=1S/C20H26F3N5O2/c1-2-24-19(28-9-7-27(8-10-28)14-17-6-11-30-26-17)25-13-16-4-3-5-18(12-16)29-15-20(21,22)23/h3-6,11-12H,2,7-10,13-15H2,1H3,(H,24,25). The average molecular weight is 425 g/mol. The molecular weight excluding hydrogens is 399 g/mol. The molecule has 0 spiro atoms. The smallest absolute Gasteiger partial charge is 0.422 e. The summed E-state index contributed by atoms with van der Waals surface area (Å²) in [6.07, 6.45) is -2.78. The summed E-state index contributed by atoms with van der Waals surface area (Å²) in [7, 11) is 0. The zero-order chi connectivity index (χ0) is 21.4. The fourth-order valence-corrected chi connectivity index (χ4v) is 3.16. The Labute approximate surface area is 173 Å². The highest BCUT2D eigenvalue weighted by atomic mass is 19.4. The van der Waals surface area contributed by atoms with Crippen LogP contribution in [0.5, 0.6) is 5.75 Å². The first kappa shape index (κ1) is 21.9. The summed E-state index contributed by atoms with van der Waals surface area (Å²) >= 11 is 0. The lowest BCUT2D eigenvalue weighted by Crippen LogP contribution is -2.52. The largest absolute Gasteiger partial charge is 0.484 e. The van der Waals surface area contributed by atoms with Crippen molar-refractivity contribution in [1.82, 2.24) is 20.3 Å². The van der Waals surface area contributed by atoms with Crippen LogP contribution in [0.2, 0.25) is 0 Å². The first-order valence-electron chi connectivity index (χ1n) is 9.86. The van der Waals surface area contributed by atoms with E-state index in [1.807, 2.05) is 19.1 Å². The van der Waals surface area contributed by atoms with Gasteiger partial charge in [0.2, 0.25) is 0 Å². The third kappa shape index (κ3) is 6.94. The van der Waals surface area contributed by atoms with Crippen molar-refractivity contribution >= 4 is 5.96 Å². The minimum absolute atomic E-state index is 0.187. The van der Waals surface area contributed by atoms with Crippen LogP contribution in [-0.2, 0) is 13.1 Å². The number of ether oxygens (including phenoxy) is 1. The van der Waals surface area contributed by atoms with Gasteiger partial charge in [0.05, 0.1) is 12.2 Å². The van der Waals surface area contributed by atoms with E-state index in [9.17, 15) is 13.2 Å². The summed E-state index contributed by atoms with van der Waals surface area (Å²) < 4.78 is 46.7. The fourth-order valence-electron chi connectivity index (χ4n) is 3.16. The van der Waals surface area contributed by atoms with Crippen molar-refractivity contribution in [3.05, 3.63) is 47.9 Å². The Morgan fingerprint density at radius 3 is 2.70 bits per heavy atom. The number of aromatic nitrogens is 1. The molecule has 7 nitrogen and oxygen atoms in total. The molecule has 0 radical (unpaired) electrons. The van der Waals surface area contributed by atoms with Crippen molar-refractivity contribution in [2.45, 2.75) is 26.2 Å². The Kier molecular flexibility index (Phi) is 7.56. The molecule has 3 rings (SSSR count). The molecule has 10 heteroatoms. The maximum Gasteiger partial charge on any atom is 0.422 e. The second kappa shape index (κ2) is 10.3. The van der Waals surface area contributed by atoms with E-state index >= 15 is 0 Å². The first-order valence-corrected chi connectivity index (χ1v) is 9.86. The molecule has 30 heavy (non-hydrogen) atoms. The zero-order valence-electron chi connectivity index (χ0n) is 16.9. The molecule has 2 heterocycles. The van der Waals surface area contributed by atoms with Gasteiger partial charge in [0.15, 0.2) is 12.6 Å². The van der Waals surface area contributed by atoms with Crippen LogP contribution in [0.3, 0.4) is 0 Å². The average Bonchev–Trinajstić information content (AvgIpc) is 3.23. The van der Waals surface area contributed by atoms with Crippen molar-refractivity contribution in [3.63, 3.8) is 0 Å². The predicted octanol–water partition coefficient (Wildman–Crippen LogP) is 2.90. The Balaban J connectivity index is 1.56. The highest BCUT2D eigenvalue weighted by molar-refractivity contribution is 5.80. The number of guanidine groups is 1. The van der Waals surface area contributed by atoms with Crippen molar-refractivity contribution in [2.24, 2.45) is 4.99 Å². The van der Waals surface area contributed by atoms with Crippen LogP contribution in [0.4, 0.5) is 13.2 Å². The highest BCUT2D eigenvalue weighted by Gasteiger charge is 2.28. The fraction of sp³-hybridized carbons (Fsp3) is 0.500. The SMILES string of the molecule is CCNC(=NCc1cccc(OCC(F)(F)F)c1)N1CCN(Cc2ccon2)CC1. The number of rotatable bonds is 7. The summed E-state index contributed by atoms with van der Waals surface area (Å²) in [6.45, 7) is 5.91. The molecule has 1 saturated heterocycles. The monoisotopic (exact) mass is 425 g/mol. The highest BCUT2D eigenvalue weighted by Crippen LogP contribution is 2.20. The van der Waals surface area contributed by atoms with E-state index < -0.39 is 12.8 Å². The quantitative estimate of drug-likeness (QED) is 0.544. The van der Waals surface area contributed by atoms with Crippen LogP contribution in [0.15, 0.2) is 46.1 Å². The summed E-state index contributed by atoms with van der Waals surface area (Å²) in [5.41, 5.74) is 1.70. The number of hydrogen-bond acceptors (Lipinski definition) is 5. The van der Waals surface area contributed by atoms with Gasteiger partial charge in [-0.15, -0.1) is 0 Å². The van der Waals surface area contributed by atoms with Gasteiger partial charge in [0.25, 0.3) is 0 Å². The number of piperazine rings is 1. The number of halogens is 3. The number of alkyl halides is 3. The van der Waals surface area contributed by atoms with Crippen LogP contribution in [-0.4, -0.2) is 66.4 Å². The summed E-state index contributed by atoms with van der Waals surface area (Å²) in [6, 6.07) is 8.47. The zero-order valence-corrected chi connectivity index (χ0v) is 16.9. The van der Waals surface area contributed by atoms with Crippen LogP contribution < -0.4 is 10.1 Å². The second-order valence-corrected chi connectivity index (χ2v) is 6.98. The third-order valence-electron chi connectivity index (χ3n) is 4.60. The summed E-state index contributed by atoms with van der Waals surface area (Å²) in [5, 5.41) is 7.24. The van der Waals surface area contributed by atoms with Gasteiger partial charge in [-0.1, -0.05) is 17.3 Å². The van der Waals surface area contributed by atoms with E-state index in [1.54, 1.807) is 18.4 Å². The number of nitrogens with one attached hydrogen (secondary N) is 1.